The van der Waals surface area contributed by atoms with Crippen molar-refractivity contribution in [2.75, 3.05) is 13.7 Å². The molecule has 0 aromatic heterocycles. The van der Waals surface area contributed by atoms with Crippen LogP contribution in [0.5, 0.6) is 5.75 Å². The molecular formula is C25H24N2O4S. The van der Waals surface area contributed by atoms with Crippen LogP contribution in [0.25, 0.3) is 0 Å². The normalized spacial score (nSPS) is 16.9. The van der Waals surface area contributed by atoms with E-state index in [2.05, 4.69) is 6.07 Å². The van der Waals surface area contributed by atoms with Crippen LogP contribution in [-0.2, 0) is 34.3 Å². The van der Waals surface area contributed by atoms with Crippen molar-refractivity contribution in [1.82, 2.24) is 4.31 Å². The van der Waals surface area contributed by atoms with Gasteiger partial charge in [-0.05, 0) is 41.3 Å². The molecule has 7 heteroatoms. The number of benzene rings is 3. The molecule has 0 amide bonds. The molecule has 4 rings (SSSR count). The van der Waals surface area contributed by atoms with Crippen LogP contribution in [-0.4, -0.2) is 32.5 Å². The van der Waals surface area contributed by atoms with Gasteiger partial charge in [0.05, 0.1) is 38.0 Å². The maximum Gasteiger partial charge on any atom is 0.247 e. The van der Waals surface area contributed by atoms with Gasteiger partial charge in [0.15, 0.2) is 0 Å². The highest BCUT2D eigenvalue weighted by atomic mass is 32.2. The van der Waals surface area contributed by atoms with E-state index in [-0.39, 0.29) is 23.8 Å². The Labute approximate surface area is 188 Å². The van der Waals surface area contributed by atoms with Crippen molar-refractivity contribution in [3.63, 3.8) is 0 Å². The monoisotopic (exact) mass is 448 g/mol. The van der Waals surface area contributed by atoms with Gasteiger partial charge < -0.3 is 9.47 Å². The predicted molar refractivity (Wildman–Crippen MR) is 120 cm³/mol. The fourth-order valence-corrected chi connectivity index (χ4v) is 5.76. The van der Waals surface area contributed by atoms with E-state index in [1.54, 1.807) is 36.4 Å². The summed E-state index contributed by atoms with van der Waals surface area (Å²) < 4.78 is 40.7. The van der Waals surface area contributed by atoms with Gasteiger partial charge in [-0.1, -0.05) is 54.6 Å². The minimum Gasteiger partial charge on any atom is -0.495 e. The molecule has 0 saturated heterocycles. The first kappa shape index (κ1) is 22.0. The van der Waals surface area contributed by atoms with Gasteiger partial charge in [-0.15, -0.1) is 0 Å². The van der Waals surface area contributed by atoms with Crippen molar-refractivity contribution in [3.05, 3.63) is 95.1 Å². The number of ether oxygens (including phenoxy) is 2. The molecular weight excluding hydrogens is 424 g/mol. The average molecular weight is 449 g/mol. The summed E-state index contributed by atoms with van der Waals surface area (Å²) in [6.45, 7) is 0.651. The molecule has 6 nitrogen and oxygen atoms in total. The minimum atomic E-state index is -3.96. The Kier molecular flexibility index (Phi) is 6.56. The zero-order valence-corrected chi connectivity index (χ0v) is 18.6. The van der Waals surface area contributed by atoms with Crippen LogP contribution in [0.3, 0.4) is 0 Å². The van der Waals surface area contributed by atoms with Crippen molar-refractivity contribution < 1.29 is 17.9 Å². The third kappa shape index (κ3) is 4.39. The zero-order chi connectivity index (χ0) is 22.6. The Morgan fingerprint density at radius 3 is 2.56 bits per heavy atom. The molecule has 0 N–H and O–H groups in total. The lowest BCUT2D eigenvalue weighted by Gasteiger charge is -2.34. The fourth-order valence-electron chi connectivity index (χ4n) is 4.02. The highest BCUT2D eigenvalue weighted by molar-refractivity contribution is 7.89. The maximum absolute atomic E-state index is 13.9. The number of nitriles is 1. The summed E-state index contributed by atoms with van der Waals surface area (Å²) in [5.74, 6) is 0.280. The number of para-hydroxylation sites is 1. The highest BCUT2D eigenvalue weighted by Crippen LogP contribution is 2.32. The Balaban J connectivity index is 1.84. The lowest BCUT2D eigenvalue weighted by molar-refractivity contribution is 0.0673. The topological polar surface area (TPSA) is 79.6 Å². The molecule has 0 radical (unpaired) electrons. The van der Waals surface area contributed by atoms with Crippen molar-refractivity contribution in [2.24, 2.45) is 0 Å². The summed E-state index contributed by atoms with van der Waals surface area (Å²) in [5.41, 5.74) is 2.95. The van der Waals surface area contributed by atoms with Crippen LogP contribution in [0.15, 0.2) is 77.7 Å². The molecule has 1 heterocycles. The molecule has 1 aliphatic heterocycles. The minimum absolute atomic E-state index is 0.0836. The van der Waals surface area contributed by atoms with Crippen molar-refractivity contribution in [3.8, 4) is 11.8 Å². The van der Waals surface area contributed by atoms with Gasteiger partial charge in [0, 0.05) is 6.54 Å². The van der Waals surface area contributed by atoms with Gasteiger partial charge in [0.2, 0.25) is 10.0 Å². The largest absolute Gasteiger partial charge is 0.495 e. The molecule has 0 bridgehead atoms. The lowest BCUT2D eigenvalue weighted by Crippen LogP contribution is -2.45. The highest BCUT2D eigenvalue weighted by Gasteiger charge is 2.36. The molecule has 0 aliphatic carbocycles. The molecule has 0 saturated carbocycles. The van der Waals surface area contributed by atoms with Crippen LogP contribution >= 0.6 is 0 Å². The second kappa shape index (κ2) is 9.53. The predicted octanol–water partition coefficient (Wildman–Crippen LogP) is 3.90. The number of rotatable bonds is 5. The van der Waals surface area contributed by atoms with E-state index in [4.69, 9.17) is 9.47 Å². The van der Waals surface area contributed by atoms with Gasteiger partial charge >= 0.3 is 0 Å². The zero-order valence-electron chi connectivity index (χ0n) is 17.8. The molecule has 1 aliphatic rings. The summed E-state index contributed by atoms with van der Waals surface area (Å²) in [4.78, 5) is 0.0946. The second-order valence-electron chi connectivity index (χ2n) is 7.61. The quantitative estimate of drug-likeness (QED) is 0.591. The summed E-state index contributed by atoms with van der Waals surface area (Å²) in [6.07, 6.45) is 0.485. The van der Waals surface area contributed by atoms with Crippen LogP contribution < -0.4 is 4.74 Å². The van der Waals surface area contributed by atoms with E-state index >= 15 is 0 Å². The summed E-state index contributed by atoms with van der Waals surface area (Å²) in [6, 6.07) is 23.5. The maximum atomic E-state index is 13.9. The first-order valence-electron chi connectivity index (χ1n) is 10.3. The molecule has 1 atom stereocenters. The Bertz CT molecular complexity index is 1240. The Morgan fingerprint density at radius 1 is 1.06 bits per heavy atom. The standard InChI is InChI=1S/C25H24N2O4S/c1-30-24-12-5-6-13-25(24)32(28,29)27-16-23-20(15-26)10-7-11-21(23)17-31-18-22(27)14-19-8-3-2-4-9-19/h2-13,22H,14,16-18H2,1H3. The smallest absolute Gasteiger partial charge is 0.247 e. The number of sulfonamides is 1. The molecule has 32 heavy (non-hydrogen) atoms. The average Bonchev–Trinajstić information content (AvgIpc) is 2.81. The molecule has 0 spiro atoms. The molecule has 164 valence electrons. The number of hydrogen-bond donors (Lipinski definition) is 0. The fraction of sp³-hybridized carbons (Fsp3) is 0.240. The van der Waals surface area contributed by atoms with E-state index in [0.717, 1.165) is 11.1 Å². The Hall–Kier alpha value is -3.18. The van der Waals surface area contributed by atoms with Gasteiger partial charge in [0.1, 0.15) is 10.6 Å². The van der Waals surface area contributed by atoms with E-state index in [1.807, 2.05) is 36.4 Å². The van der Waals surface area contributed by atoms with Crippen LogP contribution in [0.2, 0.25) is 0 Å². The molecule has 1 unspecified atom stereocenters. The first-order chi connectivity index (χ1) is 15.5. The van der Waals surface area contributed by atoms with E-state index in [0.29, 0.717) is 24.2 Å². The van der Waals surface area contributed by atoms with Gasteiger partial charge in [-0.25, -0.2) is 8.42 Å². The molecule has 3 aromatic carbocycles. The van der Waals surface area contributed by atoms with Gasteiger partial charge in [-0.3, -0.25) is 0 Å². The third-order valence-electron chi connectivity index (χ3n) is 5.65. The van der Waals surface area contributed by atoms with Crippen molar-refractivity contribution >= 4 is 10.0 Å². The summed E-state index contributed by atoms with van der Waals surface area (Å²) >= 11 is 0. The van der Waals surface area contributed by atoms with Crippen LogP contribution in [0.4, 0.5) is 0 Å². The van der Waals surface area contributed by atoms with E-state index in [9.17, 15) is 13.7 Å². The number of methoxy groups -OCH3 is 1. The molecule has 0 fully saturated rings. The summed E-state index contributed by atoms with van der Waals surface area (Å²) in [7, 11) is -2.51. The first-order valence-corrected chi connectivity index (χ1v) is 11.8. The number of fused-ring (bicyclic) bond motifs is 1. The van der Waals surface area contributed by atoms with Crippen molar-refractivity contribution in [1.29, 1.82) is 5.26 Å². The molecule has 3 aromatic rings. The summed E-state index contributed by atoms with van der Waals surface area (Å²) in [5, 5.41) is 9.67. The van der Waals surface area contributed by atoms with Crippen LogP contribution in [0.1, 0.15) is 22.3 Å². The number of nitrogens with zero attached hydrogens (tertiary/aromatic N) is 2. The van der Waals surface area contributed by atoms with E-state index < -0.39 is 16.1 Å². The SMILES string of the molecule is COc1ccccc1S(=O)(=O)N1Cc2c(C#N)cccc2COCC1Cc1ccccc1. The lowest BCUT2D eigenvalue weighted by atomic mass is 10.00. The second-order valence-corrected chi connectivity index (χ2v) is 9.47. The van der Waals surface area contributed by atoms with Gasteiger partial charge in [-0.2, -0.15) is 9.57 Å². The van der Waals surface area contributed by atoms with Crippen molar-refractivity contribution in [2.45, 2.75) is 30.5 Å². The Morgan fingerprint density at radius 2 is 1.81 bits per heavy atom. The third-order valence-corrected chi connectivity index (χ3v) is 7.59. The number of hydrogen-bond acceptors (Lipinski definition) is 5. The van der Waals surface area contributed by atoms with Crippen LogP contribution in [0, 0.1) is 11.3 Å². The van der Waals surface area contributed by atoms with Gasteiger partial charge in [0.25, 0.3) is 0 Å². The van der Waals surface area contributed by atoms with E-state index in [1.165, 1.54) is 11.4 Å².